The van der Waals surface area contributed by atoms with Crippen molar-refractivity contribution in [3.05, 3.63) is 108 Å². The maximum Gasteiger partial charge on any atom is 0.238 e. The number of amides is 2. The van der Waals surface area contributed by atoms with Gasteiger partial charge in [-0.25, -0.2) is 0 Å². The molecule has 2 amide bonds. The van der Waals surface area contributed by atoms with E-state index in [1.165, 1.54) is 4.90 Å². The molecule has 0 aromatic heterocycles. The number of rotatable bonds is 4. The predicted molar refractivity (Wildman–Crippen MR) is 100 cm³/mol. The van der Waals surface area contributed by atoms with Crippen molar-refractivity contribution < 1.29 is 9.59 Å². The van der Waals surface area contributed by atoms with Gasteiger partial charge in [-0.05, 0) is 16.7 Å². The van der Waals surface area contributed by atoms with E-state index in [9.17, 15) is 9.59 Å². The summed E-state index contributed by atoms with van der Waals surface area (Å²) in [6.45, 7) is 0. The molecule has 3 nitrogen and oxygen atoms in total. The molecule has 0 bridgehead atoms. The minimum atomic E-state index is -0.404. The second-order valence-electron chi connectivity index (χ2n) is 6.49. The predicted octanol–water partition coefficient (Wildman–Crippen LogP) is 4.32. The number of nitrogens with zero attached hydrogens (tertiary/aromatic N) is 1. The Morgan fingerprint density at radius 3 is 1.65 bits per heavy atom. The molecule has 0 radical (unpaired) electrons. The fourth-order valence-electron chi connectivity index (χ4n) is 3.63. The Bertz CT molecular complexity index is 867. The van der Waals surface area contributed by atoms with Crippen LogP contribution >= 0.6 is 0 Å². The summed E-state index contributed by atoms with van der Waals surface area (Å²) in [6, 6.07) is 28.6. The molecule has 1 unspecified atom stereocenters. The van der Waals surface area contributed by atoms with Crippen molar-refractivity contribution in [2.45, 2.75) is 18.4 Å². The van der Waals surface area contributed by atoms with Crippen molar-refractivity contribution in [2.75, 3.05) is 0 Å². The van der Waals surface area contributed by atoms with Gasteiger partial charge in [0.2, 0.25) is 11.8 Å². The zero-order valence-corrected chi connectivity index (χ0v) is 14.3. The molecule has 1 heterocycles. The van der Waals surface area contributed by atoms with Crippen LogP contribution in [0.2, 0.25) is 0 Å². The molecular formula is C23H19NO2. The smallest absolute Gasteiger partial charge is 0.238 e. The number of likely N-dealkylation sites (tertiary alicyclic amines) is 1. The second-order valence-corrected chi connectivity index (χ2v) is 6.49. The summed E-state index contributed by atoms with van der Waals surface area (Å²) in [7, 11) is 0. The normalized spacial score (nSPS) is 17.1. The van der Waals surface area contributed by atoms with Crippen LogP contribution < -0.4 is 0 Å². The SMILES string of the molecule is O=C1CC(c2ccccc2)C(=O)N1C(c1ccccc1)c1ccccc1. The third-order valence-corrected chi connectivity index (χ3v) is 4.87. The van der Waals surface area contributed by atoms with Gasteiger partial charge < -0.3 is 0 Å². The molecule has 0 aliphatic carbocycles. The van der Waals surface area contributed by atoms with Crippen LogP contribution in [0, 0.1) is 0 Å². The summed E-state index contributed by atoms with van der Waals surface area (Å²) in [5.41, 5.74) is 2.77. The Labute approximate surface area is 152 Å². The number of benzene rings is 3. The second kappa shape index (κ2) is 6.96. The number of hydrogen-bond donors (Lipinski definition) is 0. The molecule has 1 fully saturated rings. The largest absolute Gasteiger partial charge is 0.274 e. The minimum absolute atomic E-state index is 0.124. The Hall–Kier alpha value is -3.20. The van der Waals surface area contributed by atoms with Gasteiger partial charge in [0.1, 0.15) is 0 Å². The van der Waals surface area contributed by atoms with E-state index in [1.54, 1.807) is 0 Å². The first-order valence-electron chi connectivity index (χ1n) is 8.76. The summed E-state index contributed by atoms with van der Waals surface area (Å²) >= 11 is 0. The highest BCUT2D eigenvalue weighted by molar-refractivity contribution is 6.06. The molecule has 1 aliphatic rings. The Morgan fingerprint density at radius 1 is 0.692 bits per heavy atom. The number of hydrogen-bond acceptors (Lipinski definition) is 2. The van der Waals surface area contributed by atoms with Crippen LogP contribution in [-0.2, 0) is 9.59 Å². The quantitative estimate of drug-likeness (QED) is 0.663. The van der Waals surface area contributed by atoms with Crippen LogP contribution in [0.3, 0.4) is 0 Å². The van der Waals surface area contributed by atoms with E-state index in [1.807, 2.05) is 91.0 Å². The fourth-order valence-corrected chi connectivity index (χ4v) is 3.63. The van der Waals surface area contributed by atoms with E-state index >= 15 is 0 Å². The van der Waals surface area contributed by atoms with E-state index in [-0.39, 0.29) is 18.2 Å². The summed E-state index contributed by atoms with van der Waals surface area (Å²) in [4.78, 5) is 27.5. The molecule has 1 saturated heterocycles. The van der Waals surface area contributed by atoms with Crippen LogP contribution in [0.25, 0.3) is 0 Å². The van der Waals surface area contributed by atoms with Crippen molar-refractivity contribution in [2.24, 2.45) is 0 Å². The fraction of sp³-hybridized carbons (Fsp3) is 0.130. The third-order valence-electron chi connectivity index (χ3n) is 4.87. The van der Waals surface area contributed by atoms with E-state index in [0.717, 1.165) is 16.7 Å². The van der Waals surface area contributed by atoms with E-state index in [2.05, 4.69) is 0 Å². The minimum Gasteiger partial charge on any atom is -0.274 e. The van der Waals surface area contributed by atoms with Gasteiger partial charge in [0.15, 0.2) is 0 Å². The molecule has 0 spiro atoms. The first-order valence-corrected chi connectivity index (χ1v) is 8.76. The van der Waals surface area contributed by atoms with E-state index in [0.29, 0.717) is 0 Å². The highest BCUT2D eigenvalue weighted by Crippen LogP contribution is 2.38. The van der Waals surface area contributed by atoms with Crippen LogP contribution in [0.15, 0.2) is 91.0 Å². The lowest BCUT2D eigenvalue weighted by molar-refractivity contribution is -0.140. The van der Waals surface area contributed by atoms with Gasteiger partial charge in [-0.1, -0.05) is 91.0 Å². The van der Waals surface area contributed by atoms with Gasteiger partial charge in [0.25, 0.3) is 0 Å². The third kappa shape index (κ3) is 2.92. The number of imide groups is 1. The molecular weight excluding hydrogens is 322 g/mol. The molecule has 0 saturated carbocycles. The maximum absolute atomic E-state index is 13.2. The van der Waals surface area contributed by atoms with Gasteiger partial charge in [-0.3, -0.25) is 14.5 Å². The Morgan fingerprint density at radius 2 is 1.15 bits per heavy atom. The van der Waals surface area contributed by atoms with Crippen LogP contribution in [-0.4, -0.2) is 16.7 Å². The zero-order valence-electron chi connectivity index (χ0n) is 14.3. The topological polar surface area (TPSA) is 37.4 Å². The van der Waals surface area contributed by atoms with Crippen LogP contribution in [0.4, 0.5) is 0 Å². The molecule has 1 atom stereocenters. The first-order chi connectivity index (χ1) is 12.8. The molecule has 0 N–H and O–H groups in total. The summed E-state index contributed by atoms with van der Waals surface area (Å²) in [5, 5.41) is 0. The van der Waals surface area contributed by atoms with E-state index in [4.69, 9.17) is 0 Å². The summed E-state index contributed by atoms with van der Waals surface area (Å²) in [5.74, 6) is -0.654. The zero-order chi connectivity index (χ0) is 17.9. The maximum atomic E-state index is 13.2. The van der Waals surface area contributed by atoms with Crippen LogP contribution in [0.5, 0.6) is 0 Å². The van der Waals surface area contributed by atoms with Crippen molar-refractivity contribution in [1.82, 2.24) is 4.90 Å². The molecule has 3 aromatic rings. The van der Waals surface area contributed by atoms with E-state index < -0.39 is 12.0 Å². The lowest BCUT2D eigenvalue weighted by Gasteiger charge is -2.27. The lowest BCUT2D eigenvalue weighted by atomic mass is 9.96. The van der Waals surface area contributed by atoms with Crippen LogP contribution in [0.1, 0.15) is 35.1 Å². The molecule has 3 heteroatoms. The summed E-state index contributed by atoms with van der Waals surface area (Å²) in [6.07, 6.45) is 0.221. The van der Waals surface area contributed by atoms with Gasteiger partial charge >= 0.3 is 0 Å². The number of carbonyl (C=O) groups is 2. The standard InChI is InChI=1S/C23H19NO2/c25-21-16-20(17-10-4-1-5-11-17)23(26)24(21)22(18-12-6-2-7-13-18)19-14-8-3-9-15-19/h1-15,20,22H,16H2. The van der Waals surface area contributed by atoms with Crippen molar-refractivity contribution >= 4 is 11.8 Å². The average molecular weight is 341 g/mol. The highest BCUT2D eigenvalue weighted by Gasteiger charge is 2.43. The molecule has 3 aromatic carbocycles. The first kappa shape index (κ1) is 16.3. The lowest BCUT2D eigenvalue weighted by Crippen LogP contribution is -2.35. The van der Waals surface area contributed by atoms with Crippen molar-refractivity contribution in [3.63, 3.8) is 0 Å². The van der Waals surface area contributed by atoms with Gasteiger partial charge in [0, 0.05) is 6.42 Å². The van der Waals surface area contributed by atoms with Crippen molar-refractivity contribution in [3.8, 4) is 0 Å². The molecule has 1 aliphatic heterocycles. The monoisotopic (exact) mass is 341 g/mol. The van der Waals surface area contributed by atoms with Gasteiger partial charge in [-0.2, -0.15) is 0 Å². The van der Waals surface area contributed by atoms with Crippen molar-refractivity contribution in [1.29, 1.82) is 0 Å². The summed E-state index contributed by atoms with van der Waals surface area (Å²) < 4.78 is 0. The molecule has 128 valence electrons. The van der Waals surface area contributed by atoms with Gasteiger partial charge in [0.05, 0.1) is 12.0 Å². The Kier molecular flexibility index (Phi) is 4.36. The highest BCUT2D eigenvalue weighted by atomic mass is 16.2. The molecule has 4 rings (SSSR count). The average Bonchev–Trinajstić information content (AvgIpc) is 2.99. The Balaban J connectivity index is 1.77. The van der Waals surface area contributed by atoms with Gasteiger partial charge in [-0.15, -0.1) is 0 Å². The number of carbonyl (C=O) groups excluding carboxylic acids is 2. The molecule has 26 heavy (non-hydrogen) atoms.